The fraction of sp³-hybridized carbons (Fsp3) is 0.423. The fourth-order valence-corrected chi connectivity index (χ4v) is 4.54. The van der Waals surface area contributed by atoms with Crippen molar-refractivity contribution in [3.8, 4) is 11.5 Å². The average molecular weight is 498 g/mol. The van der Waals surface area contributed by atoms with Gasteiger partial charge >= 0.3 is 0 Å². The molecule has 2 saturated heterocycles. The average Bonchev–Trinajstić information content (AvgIpc) is 2.87. The van der Waals surface area contributed by atoms with E-state index in [9.17, 15) is 8.78 Å². The summed E-state index contributed by atoms with van der Waals surface area (Å²) in [6.45, 7) is 5.11. The number of piperidine rings is 1. The lowest BCUT2D eigenvalue weighted by Crippen LogP contribution is -2.51. The number of pyridine rings is 1. The van der Waals surface area contributed by atoms with Crippen molar-refractivity contribution in [2.24, 2.45) is 0 Å². The number of aryl methyl sites for hydroxylation is 1. The number of likely N-dealkylation sites (tertiary alicyclic amines) is 1. The molecule has 2 aromatic heterocycles. The van der Waals surface area contributed by atoms with Crippen molar-refractivity contribution in [2.45, 2.75) is 38.3 Å². The maximum atomic E-state index is 14.4. The lowest BCUT2D eigenvalue weighted by atomic mass is 9.92. The van der Waals surface area contributed by atoms with Gasteiger partial charge in [-0.1, -0.05) is 0 Å². The molecule has 1 N–H and O–H groups in total. The van der Waals surface area contributed by atoms with Crippen LogP contribution in [0.5, 0.6) is 11.5 Å². The van der Waals surface area contributed by atoms with Gasteiger partial charge in [0, 0.05) is 11.6 Å². The quantitative estimate of drug-likeness (QED) is 0.492. The summed E-state index contributed by atoms with van der Waals surface area (Å²) < 4.78 is 44.6. The SMILES string of the molecule is COc1cc(C)c(F)c(COc2cnc(Nc3ccc(C4CCN(C5COC5)CC4)nc3)nc2)c1F. The minimum absolute atomic E-state index is 0.0304. The van der Waals surface area contributed by atoms with Crippen LogP contribution in [0.4, 0.5) is 20.4 Å². The van der Waals surface area contributed by atoms with Crippen molar-refractivity contribution in [3.05, 3.63) is 65.2 Å². The Morgan fingerprint density at radius 2 is 1.81 bits per heavy atom. The van der Waals surface area contributed by atoms with Crippen molar-refractivity contribution in [1.29, 1.82) is 0 Å². The minimum atomic E-state index is -0.783. The van der Waals surface area contributed by atoms with E-state index in [1.165, 1.54) is 25.6 Å². The summed E-state index contributed by atoms with van der Waals surface area (Å²) in [4.78, 5) is 15.6. The topological polar surface area (TPSA) is 81.6 Å². The van der Waals surface area contributed by atoms with Crippen LogP contribution in [0.3, 0.4) is 0 Å². The van der Waals surface area contributed by atoms with E-state index in [0.717, 1.165) is 50.5 Å². The molecule has 0 radical (unpaired) electrons. The molecule has 0 unspecified atom stereocenters. The molecule has 0 spiro atoms. The van der Waals surface area contributed by atoms with Crippen molar-refractivity contribution < 1.29 is 23.0 Å². The summed E-state index contributed by atoms with van der Waals surface area (Å²) in [5.41, 5.74) is 1.94. The van der Waals surface area contributed by atoms with Gasteiger partial charge in [-0.3, -0.25) is 9.88 Å². The molecule has 2 fully saturated rings. The van der Waals surface area contributed by atoms with E-state index in [-0.39, 0.29) is 29.2 Å². The smallest absolute Gasteiger partial charge is 0.227 e. The molecule has 0 atom stereocenters. The standard InChI is InChI=1S/C26H29F2N5O3/c1-16-9-23(34-2)25(28)21(24(16)27)15-36-20-11-30-26(31-12-20)32-18-3-4-22(29-10-18)17-5-7-33(8-6-17)19-13-35-14-19/h3-4,9-12,17,19H,5-8,13-15H2,1-2H3,(H,30,31,32). The van der Waals surface area contributed by atoms with Gasteiger partial charge < -0.3 is 19.5 Å². The fourth-order valence-electron chi connectivity index (χ4n) is 4.54. The first kappa shape index (κ1) is 24.3. The van der Waals surface area contributed by atoms with E-state index in [4.69, 9.17) is 14.2 Å². The molecule has 0 aliphatic carbocycles. The number of rotatable bonds is 8. The molecule has 190 valence electrons. The first-order chi connectivity index (χ1) is 17.5. The van der Waals surface area contributed by atoms with Crippen LogP contribution in [0, 0.1) is 18.6 Å². The summed E-state index contributed by atoms with van der Waals surface area (Å²) in [6.07, 6.45) is 6.88. The molecule has 0 saturated carbocycles. The Kier molecular flexibility index (Phi) is 7.24. The molecule has 0 amide bonds. The number of anilines is 2. The maximum Gasteiger partial charge on any atom is 0.227 e. The number of hydrogen-bond donors (Lipinski definition) is 1. The van der Waals surface area contributed by atoms with E-state index >= 15 is 0 Å². The number of ether oxygens (including phenoxy) is 3. The first-order valence-electron chi connectivity index (χ1n) is 12.0. The predicted molar refractivity (Wildman–Crippen MR) is 130 cm³/mol. The molecule has 1 aromatic carbocycles. The van der Waals surface area contributed by atoms with Crippen LogP contribution in [-0.4, -0.2) is 59.3 Å². The second kappa shape index (κ2) is 10.7. The molecule has 36 heavy (non-hydrogen) atoms. The molecule has 3 aromatic rings. The monoisotopic (exact) mass is 497 g/mol. The minimum Gasteiger partial charge on any atom is -0.494 e. The normalized spacial score (nSPS) is 17.0. The number of hydrogen-bond acceptors (Lipinski definition) is 8. The van der Waals surface area contributed by atoms with Crippen LogP contribution in [0.15, 0.2) is 36.8 Å². The summed E-state index contributed by atoms with van der Waals surface area (Å²) >= 11 is 0. The van der Waals surface area contributed by atoms with Gasteiger partial charge in [-0.05, 0) is 56.6 Å². The molecule has 2 aliphatic heterocycles. The van der Waals surface area contributed by atoms with Crippen molar-refractivity contribution in [3.63, 3.8) is 0 Å². The van der Waals surface area contributed by atoms with Crippen LogP contribution in [0.1, 0.15) is 35.6 Å². The Morgan fingerprint density at radius 1 is 1.06 bits per heavy atom. The number of nitrogens with zero attached hydrogens (tertiary/aromatic N) is 4. The van der Waals surface area contributed by atoms with Gasteiger partial charge in [-0.25, -0.2) is 18.7 Å². The summed E-state index contributed by atoms with van der Waals surface area (Å²) in [5, 5.41) is 3.11. The molecular formula is C26H29F2N5O3. The zero-order valence-corrected chi connectivity index (χ0v) is 20.3. The third-order valence-electron chi connectivity index (χ3n) is 6.80. The van der Waals surface area contributed by atoms with E-state index in [0.29, 0.717) is 17.9 Å². The zero-order valence-electron chi connectivity index (χ0n) is 20.3. The predicted octanol–water partition coefficient (Wildman–Crippen LogP) is 4.37. The third-order valence-corrected chi connectivity index (χ3v) is 6.80. The van der Waals surface area contributed by atoms with Gasteiger partial charge in [0.1, 0.15) is 12.4 Å². The highest BCUT2D eigenvalue weighted by Crippen LogP contribution is 2.30. The number of halogens is 2. The van der Waals surface area contributed by atoms with Gasteiger partial charge in [0.05, 0.1) is 56.2 Å². The van der Waals surface area contributed by atoms with Crippen LogP contribution < -0.4 is 14.8 Å². The second-order valence-electron chi connectivity index (χ2n) is 9.13. The van der Waals surface area contributed by atoms with Crippen LogP contribution in [0.2, 0.25) is 0 Å². The molecule has 8 nitrogen and oxygen atoms in total. The first-order valence-corrected chi connectivity index (χ1v) is 12.0. The van der Waals surface area contributed by atoms with Gasteiger partial charge in [-0.15, -0.1) is 0 Å². The Balaban J connectivity index is 1.15. The highest BCUT2D eigenvalue weighted by molar-refractivity contribution is 5.51. The molecule has 0 bridgehead atoms. The Hall–Kier alpha value is -3.37. The molecule has 2 aliphatic rings. The van der Waals surface area contributed by atoms with Gasteiger partial charge in [-0.2, -0.15) is 0 Å². The lowest BCUT2D eigenvalue weighted by Gasteiger charge is -2.41. The maximum absolute atomic E-state index is 14.4. The second-order valence-corrected chi connectivity index (χ2v) is 9.13. The van der Waals surface area contributed by atoms with Crippen molar-refractivity contribution in [1.82, 2.24) is 19.9 Å². The van der Waals surface area contributed by atoms with E-state index in [1.807, 2.05) is 12.1 Å². The summed E-state index contributed by atoms with van der Waals surface area (Å²) in [6, 6.07) is 5.93. The van der Waals surface area contributed by atoms with Gasteiger partial charge in [0.2, 0.25) is 5.95 Å². The van der Waals surface area contributed by atoms with E-state index < -0.39 is 11.6 Å². The number of nitrogens with one attached hydrogen (secondary N) is 1. The van der Waals surface area contributed by atoms with E-state index in [2.05, 4.69) is 25.2 Å². The largest absolute Gasteiger partial charge is 0.494 e. The van der Waals surface area contributed by atoms with Crippen LogP contribution in [-0.2, 0) is 11.3 Å². The number of benzene rings is 1. The van der Waals surface area contributed by atoms with Crippen molar-refractivity contribution in [2.75, 3.05) is 38.7 Å². The van der Waals surface area contributed by atoms with E-state index in [1.54, 1.807) is 13.1 Å². The van der Waals surface area contributed by atoms with Crippen LogP contribution in [0.25, 0.3) is 0 Å². The van der Waals surface area contributed by atoms with Crippen molar-refractivity contribution >= 4 is 11.6 Å². The van der Waals surface area contributed by atoms with Gasteiger partial charge in [0.15, 0.2) is 17.3 Å². The summed E-state index contributed by atoms with van der Waals surface area (Å²) in [5.74, 6) is -0.365. The highest BCUT2D eigenvalue weighted by Gasteiger charge is 2.30. The highest BCUT2D eigenvalue weighted by atomic mass is 19.1. The molecular weight excluding hydrogens is 468 g/mol. The molecule has 5 rings (SSSR count). The molecule has 4 heterocycles. The lowest BCUT2D eigenvalue weighted by molar-refractivity contribution is -0.0713. The van der Waals surface area contributed by atoms with Gasteiger partial charge in [0.25, 0.3) is 0 Å². The summed E-state index contributed by atoms with van der Waals surface area (Å²) in [7, 11) is 1.33. The Labute approximate surface area is 208 Å². The zero-order chi connectivity index (χ0) is 25.1. The number of methoxy groups -OCH3 is 1. The number of aromatic nitrogens is 3. The third kappa shape index (κ3) is 5.24. The molecule has 10 heteroatoms. The van der Waals surface area contributed by atoms with Crippen LogP contribution >= 0.6 is 0 Å². The Morgan fingerprint density at radius 3 is 2.42 bits per heavy atom. The Bertz CT molecular complexity index is 1180.